The molecule has 0 fully saturated rings. The summed E-state index contributed by atoms with van der Waals surface area (Å²) in [7, 11) is 0. The molecule has 1 aromatic carbocycles. The Morgan fingerprint density at radius 1 is 1.22 bits per heavy atom. The Kier molecular flexibility index (Phi) is 6.50. The van der Waals surface area contributed by atoms with Gasteiger partial charge in [-0.15, -0.1) is 13.2 Å². The number of anilines is 1. The number of carbonyl (C=O) groups excluding carboxylic acids is 1. The first-order chi connectivity index (χ1) is 11.1. The van der Waals surface area contributed by atoms with Gasteiger partial charge in [-0.25, -0.2) is 0 Å². The maximum atomic E-state index is 12.2. The van der Waals surface area contributed by atoms with Crippen molar-refractivity contribution in [2.75, 3.05) is 38.2 Å². The first-order valence-electron chi connectivity index (χ1n) is 7.47. The standard InChI is InChI=1S/C17H21ClN2O3/c1-3-6-20(7-4-2)12-17(21)19-14-11-16-15(10-13(14)18)22-8-5-9-23-16/h3-4,10-11H,1-2,5-9,12H2,(H,19,21). The zero-order chi connectivity index (χ0) is 16.7. The van der Waals surface area contributed by atoms with Crippen molar-refractivity contribution in [1.82, 2.24) is 4.90 Å². The Morgan fingerprint density at radius 2 is 1.83 bits per heavy atom. The molecule has 1 amide bonds. The van der Waals surface area contributed by atoms with Gasteiger partial charge in [0, 0.05) is 31.6 Å². The fraction of sp³-hybridized carbons (Fsp3) is 0.353. The molecule has 1 aliphatic rings. The Labute approximate surface area is 141 Å². The Balaban J connectivity index is 2.06. The average Bonchev–Trinajstić information content (AvgIpc) is 2.73. The van der Waals surface area contributed by atoms with Crippen molar-refractivity contribution in [2.45, 2.75) is 6.42 Å². The minimum Gasteiger partial charge on any atom is -0.490 e. The van der Waals surface area contributed by atoms with Crippen LogP contribution in [0.1, 0.15) is 6.42 Å². The Hall–Kier alpha value is -1.98. The van der Waals surface area contributed by atoms with E-state index in [9.17, 15) is 4.79 Å². The molecule has 124 valence electrons. The monoisotopic (exact) mass is 336 g/mol. The molecule has 23 heavy (non-hydrogen) atoms. The smallest absolute Gasteiger partial charge is 0.238 e. The largest absolute Gasteiger partial charge is 0.490 e. The Bertz CT molecular complexity index is 579. The van der Waals surface area contributed by atoms with E-state index in [0.717, 1.165) is 6.42 Å². The van der Waals surface area contributed by atoms with Crippen LogP contribution in [0.15, 0.2) is 37.4 Å². The van der Waals surface area contributed by atoms with Crippen LogP contribution in [0.5, 0.6) is 11.5 Å². The van der Waals surface area contributed by atoms with Crippen LogP contribution in [0.2, 0.25) is 5.02 Å². The zero-order valence-corrected chi connectivity index (χ0v) is 13.8. The van der Waals surface area contributed by atoms with E-state index in [2.05, 4.69) is 18.5 Å². The number of hydrogen-bond donors (Lipinski definition) is 1. The van der Waals surface area contributed by atoms with Crippen molar-refractivity contribution in [1.29, 1.82) is 0 Å². The molecule has 1 heterocycles. The highest BCUT2D eigenvalue weighted by Crippen LogP contribution is 2.37. The van der Waals surface area contributed by atoms with Gasteiger partial charge in [0.15, 0.2) is 11.5 Å². The zero-order valence-electron chi connectivity index (χ0n) is 13.0. The lowest BCUT2D eigenvalue weighted by atomic mass is 10.2. The predicted molar refractivity (Wildman–Crippen MR) is 92.5 cm³/mol. The van der Waals surface area contributed by atoms with Gasteiger partial charge in [0.25, 0.3) is 0 Å². The third kappa shape index (κ3) is 5.01. The van der Waals surface area contributed by atoms with Gasteiger partial charge in [-0.05, 0) is 0 Å². The average molecular weight is 337 g/mol. The van der Waals surface area contributed by atoms with E-state index in [-0.39, 0.29) is 12.5 Å². The number of amides is 1. The summed E-state index contributed by atoms with van der Waals surface area (Å²) in [4.78, 5) is 14.1. The van der Waals surface area contributed by atoms with Gasteiger partial charge in [0.05, 0.1) is 30.5 Å². The van der Waals surface area contributed by atoms with Crippen LogP contribution in [-0.4, -0.2) is 43.7 Å². The van der Waals surface area contributed by atoms with Gasteiger partial charge in [0.1, 0.15) is 0 Å². The third-order valence-electron chi connectivity index (χ3n) is 3.25. The molecule has 0 aliphatic carbocycles. The van der Waals surface area contributed by atoms with Crippen molar-refractivity contribution in [3.63, 3.8) is 0 Å². The quantitative estimate of drug-likeness (QED) is 0.777. The third-order valence-corrected chi connectivity index (χ3v) is 3.57. The van der Waals surface area contributed by atoms with Crippen LogP contribution in [0, 0.1) is 0 Å². The molecular formula is C17H21ClN2O3. The van der Waals surface area contributed by atoms with E-state index in [1.54, 1.807) is 24.3 Å². The van der Waals surface area contributed by atoms with E-state index in [4.69, 9.17) is 21.1 Å². The van der Waals surface area contributed by atoms with E-state index in [0.29, 0.717) is 48.5 Å². The molecule has 0 saturated carbocycles. The highest BCUT2D eigenvalue weighted by molar-refractivity contribution is 6.34. The highest BCUT2D eigenvalue weighted by Gasteiger charge is 2.16. The number of nitrogens with one attached hydrogen (secondary N) is 1. The molecule has 0 aromatic heterocycles. The second-order valence-electron chi connectivity index (χ2n) is 5.15. The molecule has 1 aliphatic heterocycles. The van der Waals surface area contributed by atoms with Crippen LogP contribution in [-0.2, 0) is 4.79 Å². The van der Waals surface area contributed by atoms with Crippen molar-refractivity contribution < 1.29 is 14.3 Å². The predicted octanol–water partition coefficient (Wildman–Crippen LogP) is 3.11. The molecule has 0 spiro atoms. The number of hydrogen-bond acceptors (Lipinski definition) is 4. The minimum atomic E-state index is -0.162. The summed E-state index contributed by atoms with van der Waals surface area (Å²) in [5, 5.41) is 3.23. The van der Waals surface area contributed by atoms with Gasteiger partial charge in [0.2, 0.25) is 5.91 Å². The van der Waals surface area contributed by atoms with Crippen LogP contribution in [0.3, 0.4) is 0 Å². The molecular weight excluding hydrogens is 316 g/mol. The molecule has 1 N–H and O–H groups in total. The number of rotatable bonds is 7. The van der Waals surface area contributed by atoms with Gasteiger partial charge >= 0.3 is 0 Å². The normalized spacial score (nSPS) is 13.3. The molecule has 0 bridgehead atoms. The number of halogens is 1. The summed E-state index contributed by atoms with van der Waals surface area (Å²) in [6.07, 6.45) is 4.31. The second-order valence-corrected chi connectivity index (χ2v) is 5.56. The maximum absolute atomic E-state index is 12.2. The molecule has 1 aromatic rings. The topological polar surface area (TPSA) is 50.8 Å². The molecule has 2 rings (SSSR count). The SMILES string of the molecule is C=CCN(CC=C)CC(=O)Nc1cc2c(cc1Cl)OCCCO2. The molecule has 0 unspecified atom stereocenters. The molecule has 0 saturated heterocycles. The van der Waals surface area contributed by atoms with Gasteiger partial charge < -0.3 is 14.8 Å². The fourth-order valence-electron chi connectivity index (χ4n) is 2.24. The summed E-state index contributed by atoms with van der Waals surface area (Å²) in [5.74, 6) is 1.03. The van der Waals surface area contributed by atoms with E-state index < -0.39 is 0 Å². The number of nitrogens with zero attached hydrogens (tertiary/aromatic N) is 1. The highest BCUT2D eigenvalue weighted by atomic mass is 35.5. The van der Waals surface area contributed by atoms with E-state index in [1.165, 1.54) is 0 Å². The van der Waals surface area contributed by atoms with Crippen molar-refractivity contribution in [2.24, 2.45) is 0 Å². The van der Waals surface area contributed by atoms with Gasteiger partial charge in [-0.1, -0.05) is 23.8 Å². The van der Waals surface area contributed by atoms with Crippen LogP contribution < -0.4 is 14.8 Å². The lowest BCUT2D eigenvalue weighted by Crippen LogP contribution is -2.33. The lowest BCUT2D eigenvalue weighted by molar-refractivity contribution is -0.117. The summed E-state index contributed by atoms with van der Waals surface area (Å²) in [6.45, 7) is 9.98. The van der Waals surface area contributed by atoms with E-state index >= 15 is 0 Å². The van der Waals surface area contributed by atoms with Crippen molar-refractivity contribution >= 4 is 23.2 Å². The number of benzene rings is 1. The maximum Gasteiger partial charge on any atom is 0.238 e. The molecule has 0 radical (unpaired) electrons. The van der Waals surface area contributed by atoms with Crippen LogP contribution in [0.4, 0.5) is 5.69 Å². The van der Waals surface area contributed by atoms with E-state index in [1.807, 2.05) is 4.90 Å². The number of fused-ring (bicyclic) bond motifs is 1. The lowest BCUT2D eigenvalue weighted by Gasteiger charge is -2.18. The van der Waals surface area contributed by atoms with Crippen molar-refractivity contribution in [3.05, 3.63) is 42.5 Å². The first-order valence-corrected chi connectivity index (χ1v) is 7.85. The molecule has 6 heteroatoms. The molecule has 0 atom stereocenters. The first kappa shape index (κ1) is 17.4. The molecule has 5 nitrogen and oxygen atoms in total. The second kappa shape index (κ2) is 8.60. The van der Waals surface area contributed by atoms with Crippen LogP contribution >= 0.6 is 11.6 Å². The Morgan fingerprint density at radius 3 is 2.43 bits per heavy atom. The number of carbonyl (C=O) groups is 1. The fourth-order valence-corrected chi connectivity index (χ4v) is 2.44. The van der Waals surface area contributed by atoms with Gasteiger partial charge in [-0.3, -0.25) is 9.69 Å². The minimum absolute atomic E-state index is 0.162. The van der Waals surface area contributed by atoms with Crippen molar-refractivity contribution in [3.8, 4) is 11.5 Å². The summed E-state index contributed by atoms with van der Waals surface area (Å²) in [6, 6.07) is 3.37. The number of ether oxygens (including phenoxy) is 2. The summed E-state index contributed by atoms with van der Waals surface area (Å²) >= 11 is 6.22. The van der Waals surface area contributed by atoms with Gasteiger partial charge in [-0.2, -0.15) is 0 Å². The van der Waals surface area contributed by atoms with Crippen LogP contribution in [0.25, 0.3) is 0 Å². The summed E-state index contributed by atoms with van der Waals surface area (Å²) in [5.41, 5.74) is 0.512. The summed E-state index contributed by atoms with van der Waals surface area (Å²) < 4.78 is 11.2.